The minimum absolute atomic E-state index is 0.265. The number of nitrogens with one attached hydrogen (secondary N) is 1. The predicted molar refractivity (Wildman–Crippen MR) is 78.4 cm³/mol. The Bertz CT molecular complexity index is 612. The highest BCUT2D eigenvalue weighted by molar-refractivity contribution is 8.08. The molecule has 1 aromatic rings. The number of rotatable bonds is 3. The van der Waals surface area contributed by atoms with Gasteiger partial charge in [-0.1, -0.05) is 6.92 Å². The smallest absolute Gasteiger partial charge is 0.253 e. The number of nitrogens with zero attached hydrogens (tertiary/aromatic N) is 1. The van der Waals surface area contributed by atoms with Crippen molar-refractivity contribution in [2.45, 2.75) is 32.6 Å². The molecule has 3 rings (SSSR count). The third kappa shape index (κ3) is 1.75. The van der Waals surface area contributed by atoms with E-state index in [2.05, 4.69) is 6.07 Å². The van der Waals surface area contributed by atoms with E-state index >= 15 is 0 Å². The number of primary amides is 1. The van der Waals surface area contributed by atoms with Gasteiger partial charge in [-0.3, -0.25) is 14.8 Å². The van der Waals surface area contributed by atoms with E-state index in [9.17, 15) is 4.79 Å². The molecule has 2 heterocycles. The summed E-state index contributed by atoms with van der Waals surface area (Å²) >= 11 is 1.60. The molecular weight excluding hydrogens is 258 g/mol. The molecule has 1 amide bonds. The summed E-state index contributed by atoms with van der Waals surface area (Å²) in [4.78, 5) is 12.5. The van der Waals surface area contributed by atoms with Gasteiger partial charge in [-0.05, 0) is 43.1 Å². The number of thioether (sulfide) groups is 1. The Balaban J connectivity index is 2.18. The maximum atomic E-state index is 11.6. The Kier molecular flexibility index (Phi) is 3.01. The van der Waals surface area contributed by atoms with E-state index in [1.54, 1.807) is 11.8 Å². The van der Waals surface area contributed by atoms with Crippen LogP contribution in [0.25, 0.3) is 4.91 Å². The van der Waals surface area contributed by atoms with E-state index in [4.69, 9.17) is 11.1 Å². The van der Waals surface area contributed by atoms with E-state index in [-0.39, 0.29) is 5.84 Å². The van der Waals surface area contributed by atoms with Gasteiger partial charge in [-0.2, -0.15) is 0 Å². The second-order valence-corrected chi connectivity index (χ2v) is 6.17. The minimum atomic E-state index is -0.491. The van der Waals surface area contributed by atoms with Gasteiger partial charge in [0.05, 0.1) is 11.3 Å². The van der Waals surface area contributed by atoms with Crippen LogP contribution in [0, 0.1) is 5.41 Å². The lowest BCUT2D eigenvalue weighted by atomic mass is 9.97. The lowest BCUT2D eigenvalue weighted by Crippen LogP contribution is -2.23. The van der Waals surface area contributed by atoms with Crippen molar-refractivity contribution in [2.24, 2.45) is 5.73 Å². The lowest BCUT2D eigenvalue weighted by molar-refractivity contribution is -0.114. The summed E-state index contributed by atoms with van der Waals surface area (Å²) in [5.74, 6) is 0.644. The Morgan fingerprint density at radius 1 is 1.47 bits per heavy atom. The molecule has 0 unspecified atom stereocenters. The van der Waals surface area contributed by atoms with Crippen LogP contribution in [0.2, 0.25) is 0 Å². The third-order valence-electron chi connectivity index (χ3n) is 3.76. The van der Waals surface area contributed by atoms with Crippen molar-refractivity contribution in [2.75, 3.05) is 5.75 Å². The number of nitrogens with two attached hydrogens (primary N) is 1. The minimum Gasteiger partial charge on any atom is -0.365 e. The van der Waals surface area contributed by atoms with Crippen LogP contribution < -0.4 is 5.73 Å². The Labute approximate surface area is 116 Å². The molecule has 100 valence electrons. The number of hydrogen-bond donors (Lipinski definition) is 2. The highest BCUT2D eigenvalue weighted by atomic mass is 32.2. The predicted octanol–water partition coefficient (Wildman–Crippen LogP) is 2.16. The molecular formula is C14H17N3OS. The molecule has 0 aromatic carbocycles. The zero-order valence-electron chi connectivity index (χ0n) is 11.0. The number of aromatic nitrogens is 1. The van der Waals surface area contributed by atoms with Crippen LogP contribution in [0.3, 0.4) is 0 Å². The highest BCUT2D eigenvalue weighted by Crippen LogP contribution is 2.40. The van der Waals surface area contributed by atoms with Gasteiger partial charge in [0.2, 0.25) is 0 Å². The third-order valence-corrected chi connectivity index (χ3v) is 4.75. The molecule has 1 aliphatic heterocycles. The van der Waals surface area contributed by atoms with Gasteiger partial charge < -0.3 is 5.73 Å². The number of hydrogen-bond acceptors (Lipinski definition) is 3. The fourth-order valence-electron chi connectivity index (χ4n) is 2.99. The van der Waals surface area contributed by atoms with Crippen LogP contribution in [0.15, 0.2) is 11.6 Å². The summed E-state index contributed by atoms with van der Waals surface area (Å²) in [6, 6.07) is 2.15. The molecule has 0 spiro atoms. The number of fused-ring (bicyclic) bond motifs is 3. The number of carbonyl (C=O) groups excluding carboxylic acids is 1. The molecule has 5 heteroatoms. The molecule has 0 atom stereocenters. The van der Waals surface area contributed by atoms with E-state index in [0.29, 0.717) is 5.57 Å². The van der Waals surface area contributed by atoms with Gasteiger partial charge in [0, 0.05) is 10.6 Å². The molecule has 4 nitrogen and oxygen atoms in total. The summed E-state index contributed by atoms with van der Waals surface area (Å²) in [5.41, 5.74) is 9.38. The van der Waals surface area contributed by atoms with Crippen LogP contribution >= 0.6 is 11.8 Å². The van der Waals surface area contributed by atoms with Gasteiger partial charge in [0.15, 0.2) is 0 Å². The van der Waals surface area contributed by atoms with Crippen molar-refractivity contribution in [1.29, 1.82) is 5.41 Å². The fourth-order valence-corrected chi connectivity index (χ4v) is 3.92. The quantitative estimate of drug-likeness (QED) is 0.887. The molecule has 2 aliphatic rings. The Hall–Kier alpha value is -1.49. The van der Waals surface area contributed by atoms with Crippen LogP contribution in [-0.4, -0.2) is 22.1 Å². The lowest BCUT2D eigenvalue weighted by Gasteiger charge is -2.14. The highest BCUT2D eigenvalue weighted by Gasteiger charge is 2.34. The van der Waals surface area contributed by atoms with Crippen LogP contribution in [0.4, 0.5) is 0 Å². The van der Waals surface area contributed by atoms with Crippen LogP contribution in [0.1, 0.15) is 36.7 Å². The molecule has 3 N–H and O–H groups in total. The standard InChI is InChI=1S/C14H17N3OS/c1-2-19-12-10-7-8-5-3-4-6-9(8)17(10)13(15)11(12)14(16)18/h7,15H,2-6H2,1H3,(H2,16,18). The van der Waals surface area contributed by atoms with E-state index in [1.807, 2.05) is 11.5 Å². The van der Waals surface area contributed by atoms with Crippen molar-refractivity contribution in [1.82, 2.24) is 4.57 Å². The van der Waals surface area contributed by atoms with E-state index < -0.39 is 5.91 Å². The SMILES string of the molecule is CCSC1=C(C(N)=O)C(=N)n2c1cc1c2CCCC1. The van der Waals surface area contributed by atoms with Gasteiger partial charge >= 0.3 is 0 Å². The van der Waals surface area contributed by atoms with Gasteiger partial charge in [-0.25, -0.2) is 0 Å². The number of amides is 1. The molecule has 0 saturated carbocycles. The molecule has 19 heavy (non-hydrogen) atoms. The molecule has 1 aliphatic carbocycles. The molecule has 0 bridgehead atoms. The molecule has 0 fully saturated rings. The van der Waals surface area contributed by atoms with Crippen molar-refractivity contribution >= 4 is 28.4 Å². The molecule has 0 saturated heterocycles. The summed E-state index contributed by atoms with van der Waals surface area (Å²) in [5, 5.41) is 8.27. The van der Waals surface area contributed by atoms with E-state index in [1.165, 1.54) is 17.7 Å². The van der Waals surface area contributed by atoms with Crippen molar-refractivity contribution in [3.8, 4) is 0 Å². The molecule has 1 aromatic heterocycles. The summed E-state index contributed by atoms with van der Waals surface area (Å²) in [7, 11) is 0. The average molecular weight is 275 g/mol. The maximum Gasteiger partial charge on any atom is 0.253 e. The average Bonchev–Trinajstić information content (AvgIpc) is 2.87. The monoisotopic (exact) mass is 275 g/mol. The number of aryl methyl sites for hydroxylation is 1. The van der Waals surface area contributed by atoms with E-state index in [0.717, 1.165) is 35.6 Å². The topological polar surface area (TPSA) is 71.9 Å². The van der Waals surface area contributed by atoms with Gasteiger partial charge in [-0.15, -0.1) is 11.8 Å². The normalized spacial score (nSPS) is 17.6. The maximum absolute atomic E-state index is 11.6. The summed E-state index contributed by atoms with van der Waals surface area (Å²) < 4.78 is 1.94. The second-order valence-electron chi connectivity index (χ2n) is 4.89. The first kappa shape index (κ1) is 12.5. The summed E-state index contributed by atoms with van der Waals surface area (Å²) in [6.45, 7) is 2.05. The zero-order valence-corrected chi connectivity index (χ0v) is 11.8. The summed E-state index contributed by atoms with van der Waals surface area (Å²) in [6.07, 6.45) is 4.45. The Morgan fingerprint density at radius 3 is 2.89 bits per heavy atom. The molecule has 0 radical (unpaired) electrons. The van der Waals surface area contributed by atoms with Crippen molar-refractivity contribution in [3.05, 3.63) is 28.6 Å². The first-order valence-corrected chi connectivity index (χ1v) is 7.63. The van der Waals surface area contributed by atoms with Gasteiger partial charge in [0.1, 0.15) is 5.84 Å². The van der Waals surface area contributed by atoms with Crippen molar-refractivity contribution in [3.63, 3.8) is 0 Å². The first-order valence-electron chi connectivity index (χ1n) is 6.65. The second kappa shape index (κ2) is 4.56. The van der Waals surface area contributed by atoms with Crippen LogP contribution in [-0.2, 0) is 17.6 Å². The van der Waals surface area contributed by atoms with Crippen LogP contribution in [0.5, 0.6) is 0 Å². The largest absolute Gasteiger partial charge is 0.365 e. The number of carbonyl (C=O) groups is 1. The fraction of sp³-hybridized carbons (Fsp3) is 0.429. The first-order chi connectivity index (χ1) is 9.15. The van der Waals surface area contributed by atoms with Crippen molar-refractivity contribution < 1.29 is 4.79 Å². The zero-order chi connectivity index (χ0) is 13.6. The van der Waals surface area contributed by atoms with Gasteiger partial charge in [0.25, 0.3) is 5.91 Å². The Morgan fingerprint density at radius 2 is 2.21 bits per heavy atom.